The Balaban J connectivity index is 1.29. The molecule has 6 aromatic rings. The van der Waals surface area contributed by atoms with E-state index in [9.17, 15) is 0 Å². The quantitative estimate of drug-likeness (QED) is 0.201. The van der Waals surface area contributed by atoms with Crippen LogP contribution in [0.25, 0.3) is 49.9 Å². The van der Waals surface area contributed by atoms with Crippen LogP contribution in [-0.2, 0) is 0 Å². The molecule has 0 saturated carbocycles. The summed E-state index contributed by atoms with van der Waals surface area (Å²) in [5, 5.41) is 10.3. The third kappa shape index (κ3) is 5.38. The molecule has 8 rings (SSSR count). The molecule has 1 heterocycles. The highest BCUT2D eigenvalue weighted by atomic mass is 15.2. The van der Waals surface area contributed by atoms with E-state index in [4.69, 9.17) is 0 Å². The summed E-state index contributed by atoms with van der Waals surface area (Å²) >= 11 is 0. The lowest BCUT2D eigenvalue weighted by Gasteiger charge is -2.37. The Morgan fingerprint density at radius 3 is 1.87 bits per heavy atom. The second-order valence-corrected chi connectivity index (χ2v) is 12.1. The largest absolute Gasteiger partial charge is 0.369 e. The number of allylic oxidation sites excluding steroid dienone is 3. The second-order valence-electron chi connectivity index (χ2n) is 12.1. The summed E-state index contributed by atoms with van der Waals surface area (Å²) in [6.07, 6.45) is 12.4. The van der Waals surface area contributed by atoms with Gasteiger partial charge in [0.15, 0.2) is 0 Å². The minimum absolute atomic E-state index is 0.0453. The van der Waals surface area contributed by atoms with Gasteiger partial charge in [0.1, 0.15) is 0 Å². The Hall–Kier alpha value is -5.44. The van der Waals surface area contributed by atoms with Crippen LogP contribution in [0.3, 0.4) is 0 Å². The lowest BCUT2D eigenvalue weighted by atomic mass is 9.84. The van der Waals surface area contributed by atoms with Crippen LogP contribution in [-0.4, -0.2) is 6.17 Å². The Labute approximate surface area is 271 Å². The molecule has 2 aliphatic rings. The molecule has 0 saturated heterocycles. The number of nitrogens with one attached hydrogen (secondary N) is 2. The van der Waals surface area contributed by atoms with Crippen molar-refractivity contribution in [3.05, 3.63) is 187 Å². The van der Waals surface area contributed by atoms with Gasteiger partial charge in [-0.3, -0.25) is 5.32 Å². The number of rotatable bonds is 6. The molecule has 2 nitrogen and oxygen atoms in total. The fourth-order valence-corrected chi connectivity index (χ4v) is 7.10. The standard InChI is InChI=1S/C44H36N2/c1-5-16-31(17-6-1)35-26-15-27-40(43(35)33-20-9-3-10-21-33)38-28-29-39(37-25-14-13-24-36(37)38)42-30-41(32-18-7-2-8-19-32)45-44(46-42)34-22-11-4-12-23-34/h1-22,24-30,34,42,44-46H,23H2. The normalized spacial score (nSPS) is 19.0. The summed E-state index contributed by atoms with van der Waals surface area (Å²) in [4.78, 5) is 0. The number of fused-ring (bicyclic) bond motifs is 1. The lowest BCUT2D eigenvalue weighted by Crippen LogP contribution is -2.50. The van der Waals surface area contributed by atoms with Gasteiger partial charge in [-0.15, -0.1) is 0 Å². The van der Waals surface area contributed by atoms with Crippen molar-refractivity contribution in [1.29, 1.82) is 0 Å². The van der Waals surface area contributed by atoms with Crippen LogP contribution in [0.4, 0.5) is 0 Å². The van der Waals surface area contributed by atoms with Gasteiger partial charge in [-0.25, -0.2) is 0 Å². The van der Waals surface area contributed by atoms with Gasteiger partial charge in [-0.1, -0.05) is 170 Å². The van der Waals surface area contributed by atoms with E-state index in [0.29, 0.717) is 5.92 Å². The summed E-state index contributed by atoms with van der Waals surface area (Å²) in [6.45, 7) is 0. The predicted octanol–water partition coefficient (Wildman–Crippen LogP) is 10.6. The van der Waals surface area contributed by atoms with Crippen molar-refractivity contribution in [2.24, 2.45) is 5.92 Å². The van der Waals surface area contributed by atoms with Gasteiger partial charge in [0.05, 0.1) is 12.2 Å². The van der Waals surface area contributed by atoms with E-state index in [-0.39, 0.29) is 12.2 Å². The van der Waals surface area contributed by atoms with Crippen LogP contribution in [0.1, 0.15) is 23.6 Å². The minimum Gasteiger partial charge on any atom is -0.369 e. The maximum absolute atomic E-state index is 3.99. The third-order valence-corrected chi connectivity index (χ3v) is 9.32. The van der Waals surface area contributed by atoms with Crippen molar-refractivity contribution in [3.8, 4) is 33.4 Å². The molecule has 0 spiro atoms. The lowest BCUT2D eigenvalue weighted by molar-refractivity contribution is 0.347. The van der Waals surface area contributed by atoms with Gasteiger partial charge >= 0.3 is 0 Å². The highest BCUT2D eigenvalue weighted by Crippen LogP contribution is 2.43. The Bertz CT molecular complexity index is 2070. The predicted molar refractivity (Wildman–Crippen MR) is 194 cm³/mol. The molecule has 222 valence electrons. The molecule has 0 radical (unpaired) electrons. The van der Waals surface area contributed by atoms with E-state index >= 15 is 0 Å². The fraction of sp³-hybridized carbons (Fsp3) is 0.0909. The Morgan fingerprint density at radius 2 is 1.15 bits per heavy atom. The third-order valence-electron chi connectivity index (χ3n) is 9.32. The van der Waals surface area contributed by atoms with E-state index < -0.39 is 0 Å². The summed E-state index contributed by atoms with van der Waals surface area (Å²) in [5.41, 5.74) is 11.1. The van der Waals surface area contributed by atoms with Crippen molar-refractivity contribution >= 4 is 16.5 Å². The second kappa shape index (κ2) is 12.5. The van der Waals surface area contributed by atoms with Gasteiger partial charge in [-0.05, 0) is 67.8 Å². The first-order valence-electron chi connectivity index (χ1n) is 16.2. The molecule has 0 fully saturated rings. The van der Waals surface area contributed by atoms with Gasteiger partial charge in [-0.2, -0.15) is 0 Å². The van der Waals surface area contributed by atoms with Gasteiger partial charge in [0, 0.05) is 11.6 Å². The first kappa shape index (κ1) is 28.1. The van der Waals surface area contributed by atoms with Crippen molar-refractivity contribution < 1.29 is 0 Å². The molecule has 0 aromatic heterocycles. The molecular formula is C44H36N2. The van der Waals surface area contributed by atoms with Crippen molar-refractivity contribution in [2.45, 2.75) is 18.6 Å². The number of benzene rings is 6. The fourth-order valence-electron chi connectivity index (χ4n) is 7.10. The van der Waals surface area contributed by atoms with Crippen LogP contribution in [0.2, 0.25) is 0 Å². The summed E-state index contributed by atoms with van der Waals surface area (Å²) in [5.74, 6) is 0.361. The zero-order valence-electron chi connectivity index (χ0n) is 25.7. The minimum atomic E-state index is 0.0453. The van der Waals surface area contributed by atoms with Crippen LogP contribution < -0.4 is 10.6 Å². The summed E-state index contributed by atoms with van der Waals surface area (Å²) in [6, 6.07) is 52.6. The molecule has 2 N–H and O–H groups in total. The molecule has 1 aliphatic heterocycles. The van der Waals surface area contributed by atoms with Gasteiger partial charge in [0.2, 0.25) is 0 Å². The highest BCUT2D eigenvalue weighted by molar-refractivity contribution is 6.05. The molecule has 46 heavy (non-hydrogen) atoms. The zero-order valence-corrected chi connectivity index (χ0v) is 25.7. The van der Waals surface area contributed by atoms with Crippen LogP contribution in [0, 0.1) is 5.92 Å². The van der Waals surface area contributed by atoms with E-state index in [2.05, 4.69) is 187 Å². The maximum atomic E-state index is 3.99. The van der Waals surface area contributed by atoms with E-state index in [0.717, 1.165) is 6.42 Å². The van der Waals surface area contributed by atoms with Crippen LogP contribution in [0.15, 0.2) is 176 Å². The van der Waals surface area contributed by atoms with E-state index in [1.54, 1.807) is 0 Å². The molecular weight excluding hydrogens is 556 g/mol. The van der Waals surface area contributed by atoms with Crippen LogP contribution >= 0.6 is 0 Å². The molecule has 0 amide bonds. The Kier molecular flexibility index (Phi) is 7.63. The monoisotopic (exact) mass is 592 g/mol. The Morgan fingerprint density at radius 1 is 0.500 bits per heavy atom. The van der Waals surface area contributed by atoms with Crippen molar-refractivity contribution in [1.82, 2.24) is 10.6 Å². The zero-order chi connectivity index (χ0) is 30.7. The van der Waals surface area contributed by atoms with Crippen LogP contribution in [0.5, 0.6) is 0 Å². The summed E-state index contributed by atoms with van der Waals surface area (Å²) in [7, 11) is 0. The number of hydrogen-bond donors (Lipinski definition) is 2. The summed E-state index contributed by atoms with van der Waals surface area (Å²) < 4.78 is 0. The highest BCUT2D eigenvalue weighted by Gasteiger charge is 2.29. The molecule has 6 aromatic carbocycles. The molecule has 1 aliphatic carbocycles. The van der Waals surface area contributed by atoms with E-state index in [1.807, 2.05) is 0 Å². The molecule has 0 bridgehead atoms. The van der Waals surface area contributed by atoms with Crippen molar-refractivity contribution in [2.75, 3.05) is 0 Å². The smallest absolute Gasteiger partial charge is 0.0842 e. The SMILES string of the molecule is C1=CCC(C2NC(c3ccccc3)=CC(c3ccc(-c4cccc(-c5ccccc5)c4-c4ccccc4)c4ccccc34)N2)C=C1. The van der Waals surface area contributed by atoms with Crippen molar-refractivity contribution in [3.63, 3.8) is 0 Å². The first-order valence-corrected chi connectivity index (χ1v) is 16.2. The average Bonchev–Trinajstić information content (AvgIpc) is 3.15. The van der Waals surface area contributed by atoms with Gasteiger partial charge < -0.3 is 5.32 Å². The van der Waals surface area contributed by atoms with E-state index in [1.165, 1.54) is 61.0 Å². The average molecular weight is 593 g/mol. The van der Waals surface area contributed by atoms with Gasteiger partial charge in [0.25, 0.3) is 0 Å². The first-order chi connectivity index (χ1) is 22.8. The number of hydrogen-bond acceptors (Lipinski definition) is 2. The molecule has 3 atom stereocenters. The molecule has 2 heteroatoms. The topological polar surface area (TPSA) is 24.1 Å². The maximum Gasteiger partial charge on any atom is 0.0842 e. The molecule has 3 unspecified atom stereocenters.